The van der Waals surface area contributed by atoms with Crippen molar-refractivity contribution in [1.82, 2.24) is 19.4 Å². The molecule has 0 bridgehead atoms. The molecule has 0 radical (unpaired) electrons. The number of aromatic amines is 1. The highest BCUT2D eigenvalue weighted by Gasteiger charge is 2.22. The molecule has 1 fully saturated rings. The molecule has 0 aliphatic carbocycles. The summed E-state index contributed by atoms with van der Waals surface area (Å²) in [6, 6.07) is 15.5. The van der Waals surface area contributed by atoms with Crippen molar-refractivity contribution in [3.8, 4) is 0 Å². The number of H-pyrrole nitrogens is 1. The van der Waals surface area contributed by atoms with Gasteiger partial charge in [-0.25, -0.2) is 0 Å². The van der Waals surface area contributed by atoms with Crippen molar-refractivity contribution in [2.45, 2.75) is 6.54 Å². The summed E-state index contributed by atoms with van der Waals surface area (Å²) < 4.78 is 1.74. The maximum absolute atomic E-state index is 12.9. The van der Waals surface area contributed by atoms with E-state index in [-0.39, 0.29) is 11.5 Å². The Bertz CT molecular complexity index is 1130. The summed E-state index contributed by atoms with van der Waals surface area (Å²) in [5.41, 5.74) is 2.30. The summed E-state index contributed by atoms with van der Waals surface area (Å²) in [6.45, 7) is 3.97. The molecule has 28 heavy (non-hydrogen) atoms. The fourth-order valence-electron chi connectivity index (χ4n) is 3.57. The fraction of sp³-hybridized carbons (Fsp3) is 0.286. The van der Waals surface area contributed by atoms with Crippen molar-refractivity contribution in [1.29, 1.82) is 0 Å². The Hall–Kier alpha value is -2.77. The second-order valence-electron chi connectivity index (χ2n) is 7.11. The maximum Gasteiger partial charge on any atom is 0.261 e. The number of piperazine rings is 1. The molecule has 1 aromatic heterocycles. The average molecular weight is 395 g/mol. The molecule has 2 heterocycles. The van der Waals surface area contributed by atoms with Gasteiger partial charge in [-0.3, -0.25) is 19.1 Å². The van der Waals surface area contributed by atoms with E-state index in [0.717, 1.165) is 19.6 Å². The lowest BCUT2D eigenvalue weighted by Crippen LogP contribution is -2.48. The van der Waals surface area contributed by atoms with Crippen LogP contribution in [0.1, 0.15) is 15.9 Å². The van der Waals surface area contributed by atoms with Crippen molar-refractivity contribution in [3.63, 3.8) is 0 Å². The van der Waals surface area contributed by atoms with Crippen molar-refractivity contribution < 1.29 is 4.79 Å². The van der Waals surface area contributed by atoms with E-state index in [1.807, 2.05) is 23.1 Å². The summed E-state index contributed by atoms with van der Waals surface area (Å²) in [4.78, 5) is 32.5. The maximum atomic E-state index is 12.9. The second-order valence-corrected chi connectivity index (χ2v) is 7.50. The van der Waals surface area contributed by atoms with Crippen LogP contribution in [0.15, 0.2) is 53.3 Å². The number of hydrogen-bond acceptors (Lipinski definition) is 4. The Morgan fingerprint density at radius 2 is 1.79 bits per heavy atom. The van der Waals surface area contributed by atoms with Gasteiger partial charge in [0.25, 0.3) is 11.5 Å². The lowest BCUT2D eigenvalue weighted by atomic mass is 10.1. The SMILES string of the molecule is Cn1c(=S)[nH]c2cc(C(=O)N3CCN(Cc4ccccc4)CC3)ccc2c1=O. The molecule has 1 aliphatic rings. The highest BCUT2D eigenvalue weighted by atomic mass is 32.1. The van der Waals surface area contributed by atoms with Crippen LogP contribution in [-0.2, 0) is 13.6 Å². The zero-order valence-corrected chi connectivity index (χ0v) is 16.5. The Morgan fingerprint density at radius 1 is 1.07 bits per heavy atom. The summed E-state index contributed by atoms with van der Waals surface area (Å²) in [5, 5.41) is 0.528. The Balaban J connectivity index is 1.47. The first kappa shape index (κ1) is 18.6. The van der Waals surface area contributed by atoms with Crippen LogP contribution in [0.25, 0.3) is 10.9 Å². The van der Waals surface area contributed by atoms with Gasteiger partial charge in [0.15, 0.2) is 4.77 Å². The third kappa shape index (κ3) is 3.63. The average Bonchev–Trinajstić information content (AvgIpc) is 2.72. The van der Waals surface area contributed by atoms with Gasteiger partial charge in [-0.05, 0) is 36.0 Å². The number of fused-ring (bicyclic) bond motifs is 1. The van der Waals surface area contributed by atoms with Gasteiger partial charge in [-0.2, -0.15) is 0 Å². The smallest absolute Gasteiger partial charge is 0.261 e. The molecular weight excluding hydrogens is 372 g/mol. The van der Waals surface area contributed by atoms with Crippen molar-refractivity contribution >= 4 is 29.0 Å². The van der Waals surface area contributed by atoms with Crippen LogP contribution in [0, 0.1) is 4.77 Å². The largest absolute Gasteiger partial charge is 0.336 e. The summed E-state index contributed by atoms with van der Waals surface area (Å²) in [5.74, 6) is -0.0127. The quantitative estimate of drug-likeness (QED) is 0.694. The summed E-state index contributed by atoms with van der Waals surface area (Å²) in [7, 11) is 1.63. The molecule has 0 spiro atoms. The number of carbonyl (C=O) groups is 1. The minimum atomic E-state index is -0.160. The number of hydrogen-bond donors (Lipinski definition) is 1. The van der Waals surface area contributed by atoms with Gasteiger partial charge in [0.05, 0.1) is 10.9 Å². The van der Waals surface area contributed by atoms with Crippen LogP contribution < -0.4 is 5.56 Å². The predicted octanol–water partition coefficient (Wildman–Crippen LogP) is 2.55. The van der Waals surface area contributed by atoms with E-state index in [4.69, 9.17) is 12.2 Å². The normalized spacial score (nSPS) is 15.1. The monoisotopic (exact) mass is 394 g/mol. The van der Waals surface area contributed by atoms with E-state index < -0.39 is 0 Å². The first-order chi connectivity index (χ1) is 13.5. The Labute approximate surface area is 168 Å². The van der Waals surface area contributed by atoms with Gasteiger partial charge in [0.2, 0.25) is 0 Å². The number of aromatic nitrogens is 2. The number of amides is 1. The zero-order chi connectivity index (χ0) is 19.7. The second kappa shape index (κ2) is 7.69. The number of carbonyl (C=O) groups excluding carboxylic acids is 1. The zero-order valence-electron chi connectivity index (χ0n) is 15.7. The van der Waals surface area contributed by atoms with E-state index in [0.29, 0.717) is 34.3 Å². The van der Waals surface area contributed by atoms with Crippen LogP contribution >= 0.6 is 12.2 Å². The Kier molecular flexibility index (Phi) is 5.11. The molecule has 1 saturated heterocycles. The van der Waals surface area contributed by atoms with Gasteiger partial charge in [0, 0.05) is 45.3 Å². The highest BCUT2D eigenvalue weighted by molar-refractivity contribution is 7.71. The van der Waals surface area contributed by atoms with Gasteiger partial charge in [-0.1, -0.05) is 30.3 Å². The van der Waals surface area contributed by atoms with Crippen LogP contribution in [0.4, 0.5) is 0 Å². The van der Waals surface area contributed by atoms with Gasteiger partial charge >= 0.3 is 0 Å². The molecule has 1 aliphatic heterocycles. The molecule has 0 atom stereocenters. The molecule has 2 aromatic carbocycles. The van der Waals surface area contributed by atoms with E-state index >= 15 is 0 Å². The minimum Gasteiger partial charge on any atom is -0.336 e. The number of rotatable bonds is 3. The molecule has 6 nitrogen and oxygen atoms in total. The topological polar surface area (TPSA) is 61.3 Å². The van der Waals surface area contributed by atoms with Crippen LogP contribution in [-0.4, -0.2) is 51.4 Å². The predicted molar refractivity (Wildman–Crippen MR) is 112 cm³/mol. The molecule has 3 aromatic rings. The third-order valence-corrected chi connectivity index (χ3v) is 5.63. The van der Waals surface area contributed by atoms with Gasteiger partial charge < -0.3 is 9.88 Å². The Morgan fingerprint density at radius 3 is 2.50 bits per heavy atom. The molecular formula is C21H22N4O2S. The lowest BCUT2D eigenvalue weighted by Gasteiger charge is -2.34. The van der Waals surface area contributed by atoms with E-state index in [9.17, 15) is 9.59 Å². The standard InChI is InChI=1S/C21H22N4O2S/c1-23-20(27)17-8-7-16(13-18(17)22-21(23)28)19(26)25-11-9-24(10-12-25)14-15-5-3-2-4-6-15/h2-8,13H,9-12,14H2,1H3,(H,22,28). The molecule has 1 amide bonds. The minimum absolute atomic E-state index is 0.0127. The van der Waals surface area contributed by atoms with Gasteiger partial charge in [0.1, 0.15) is 0 Å². The van der Waals surface area contributed by atoms with Crippen molar-refractivity contribution in [2.75, 3.05) is 26.2 Å². The van der Waals surface area contributed by atoms with Gasteiger partial charge in [-0.15, -0.1) is 0 Å². The third-order valence-electron chi connectivity index (χ3n) is 5.26. The molecule has 4 rings (SSSR count). The van der Waals surface area contributed by atoms with Crippen molar-refractivity contribution in [2.24, 2.45) is 7.05 Å². The number of nitrogens with zero attached hydrogens (tertiary/aromatic N) is 3. The molecule has 0 unspecified atom stereocenters. The van der Waals surface area contributed by atoms with Crippen molar-refractivity contribution in [3.05, 3.63) is 74.8 Å². The molecule has 1 N–H and O–H groups in total. The highest BCUT2D eigenvalue weighted by Crippen LogP contribution is 2.15. The van der Waals surface area contributed by atoms with Crippen LogP contribution in [0.3, 0.4) is 0 Å². The summed E-state index contributed by atoms with van der Waals surface area (Å²) >= 11 is 5.18. The number of nitrogens with one attached hydrogen (secondary N) is 1. The van der Waals surface area contributed by atoms with E-state index in [1.54, 1.807) is 25.2 Å². The first-order valence-electron chi connectivity index (χ1n) is 9.31. The van der Waals surface area contributed by atoms with Crippen LogP contribution in [0.5, 0.6) is 0 Å². The van der Waals surface area contributed by atoms with E-state index in [2.05, 4.69) is 22.0 Å². The fourth-order valence-corrected chi connectivity index (χ4v) is 3.77. The molecule has 7 heteroatoms. The van der Waals surface area contributed by atoms with Crippen LogP contribution in [0.2, 0.25) is 0 Å². The summed E-state index contributed by atoms with van der Waals surface area (Å²) in [6.07, 6.45) is 0. The molecule has 0 saturated carbocycles. The number of benzene rings is 2. The van der Waals surface area contributed by atoms with E-state index in [1.165, 1.54) is 10.1 Å². The first-order valence-corrected chi connectivity index (χ1v) is 9.72. The molecule has 144 valence electrons. The lowest BCUT2D eigenvalue weighted by molar-refractivity contribution is 0.0628.